The van der Waals surface area contributed by atoms with E-state index < -0.39 is 17.6 Å². The molecule has 20 heavy (non-hydrogen) atoms. The number of benzene rings is 2. The standard InChI is InChI=1S/C15H12F2O2S/c1-9-3-2-4-10(5-9)8-20-14-12(16)6-11(15(18)19)7-13(14)17/h2-7H,8H2,1H3,(H,18,19). The molecule has 0 saturated heterocycles. The Morgan fingerprint density at radius 1 is 1.20 bits per heavy atom. The third kappa shape index (κ3) is 3.36. The highest BCUT2D eigenvalue weighted by atomic mass is 32.2. The van der Waals surface area contributed by atoms with E-state index in [2.05, 4.69) is 0 Å². The second-order valence-corrected chi connectivity index (χ2v) is 5.34. The number of halogens is 2. The van der Waals surface area contributed by atoms with Gasteiger partial charge in [0, 0.05) is 5.75 Å². The summed E-state index contributed by atoms with van der Waals surface area (Å²) >= 11 is 1.01. The summed E-state index contributed by atoms with van der Waals surface area (Å²) in [4.78, 5) is 10.5. The Labute approximate surface area is 119 Å². The molecule has 5 heteroatoms. The SMILES string of the molecule is Cc1cccc(CSc2c(F)cc(C(=O)O)cc2F)c1. The Balaban J connectivity index is 2.20. The van der Waals surface area contributed by atoms with Crippen LogP contribution in [0.15, 0.2) is 41.3 Å². The lowest BCUT2D eigenvalue weighted by Gasteiger charge is -2.07. The maximum absolute atomic E-state index is 13.7. The Morgan fingerprint density at radius 2 is 1.85 bits per heavy atom. The first-order chi connectivity index (χ1) is 9.47. The molecule has 0 aliphatic rings. The van der Waals surface area contributed by atoms with E-state index in [0.29, 0.717) is 5.75 Å². The van der Waals surface area contributed by atoms with Crippen LogP contribution in [0.3, 0.4) is 0 Å². The maximum Gasteiger partial charge on any atom is 0.335 e. The molecule has 0 atom stereocenters. The van der Waals surface area contributed by atoms with Crippen molar-refractivity contribution in [3.8, 4) is 0 Å². The van der Waals surface area contributed by atoms with E-state index in [0.717, 1.165) is 35.0 Å². The topological polar surface area (TPSA) is 37.3 Å². The normalized spacial score (nSPS) is 10.6. The molecule has 2 aromatic carbocycles. The highest BCUT2D eigenvalue weighted by molar-refractivity contribution is 7.98. The van der Waals surface area contributed by atoms with Crippen LogP contribution in [0.5, 0.6) is 0 Å². The monoisotopic (exact) mass is 294 g/mol. The zero-order chi connectivity index (χ0) is 14.7. The van der Waals surface area contributed by atoms with Gasteiger partial charge >= 0.3 is 5.97 Å². The number of hydrogen-bond acceptors (Lipinski definition) is 2. The Bertz CT molecular complexity index is 633. The van der Waals surface area contributed by atoms with Crippen molar-refractivity contribution < 1.29 is 18.7 Å². The van der Waals surface area contributed by atoms with Crippen LogP contribution in [0.2, 0.25) is 0 Å². The lowest BCUT2D eigenvalue weighted by molar-refractivity contribution is 0.0695. The molecule has 0 saturated carbocycles. The van der Waals surface area contributed by atoms with E-state index in [1.165, 1.54) is 0 Å². The minimum Gasteiger partial charge on any atom is -0.478 e. The van der Waals surface area contributed by atoms with Gasteiger partial charge in [0.15, 0.2) is 0 Å². The van der Waals surface area contributed by atoms with Crippen molar-refractivity contribution in [2.24, 2.45) is 0 Å². The summed E-state index contributed by atoms with van der Waals surface area (Å²) in [6, 6.07) is 9.31. The molecule has 0 aromatic heterocycles. The van der Waals surface area contributed by atoms with Gasteiger partial charge < -0.3 is 5.11 Å². The first-order valence-electron chi connectivity index (χ1n) is 5.88. The molecule has 0 aliphatic heterocycles. The van der Waals surface area contributed by atoms with Crippen LogP contribution in [-0.2, 0) is 5.75 Å². The van der Waals surface area contributed by atoms with Gasteiger partial charge in [-0.25, -0.2) is 13.6 Å². The van der Waals surface area contributed by atoms with E-state index in [-0.39, 0.29) is 10.5 Å². The van der Waals surface area contributed by atoms with Crippen LogP contribution < -0.4 is 0 Å². The van der Waals surface area contributed by atoms with Gasteiger partial charge in [-0.1, -0.05) is 29.8 Å². The van der Waals surface area contributed by atoms with Gasteiger partial charge in [-0.15, -0.1) is 11.8 Å². The summed E-state index contributed by atoms with van der Waals surface area (Å²) in [7, 11) is 0. The van der Waals surface area contributed by atoms with Gasteiger partial charge in [0.1, 0.15) is 11.6 Å². The number of hydrogen-bond donors (Lipinski definition) is 1. The van der Waals surface area contributed by atoms with Crippen LogP contribution in [0.25, 0.3) is 0 Å². The molecule has 0 amide bonds. The molecule has 2 rings (SSSR count). The predicted molar refractivity (Wildman–Crippen MR) is 74.1 cm³/mol. The molecule has 0 unspecified atom stereocenters. The van der Waals surface area contributed by atoms with Crippen LogP contribution in [-0.4, -0.2) is 11.1 Å². The van der Waals surface area contributed by atoms with E-state index in [9.17, 15) is 13.6 Å². The average molecular weight is 294 g/mol. The quantitative estimate of drug-likeness (QED) is 0.856. The number of aromatic carboxylic acids is 1. The summed E-state index contributed by atoms with van der Waals surface area (Å²) in [5, 5.41) is 8.72. The van der Waals surface area contributed by atoms with Crippen molar-refractivity contribution in [2.75, 3.05) is 0 Å². The summed E-state index contributed by atoms with van der Waals surface area (Å²) < 4.78 is 27.5. The van der Waals surface area contributed by atoms with Gasteiger partial charge in [-0.3, -0.25) is 0 Å². The number of aryl methyl sites for hydroxylation is 1. The number of carbonyl (C=O) groups is 1. The van der Waals surface area contributed by atoms with Crippen molar-refractivity contribution in [3.05, 3.63) is 64.7 Å². The lowest BCUT2D eigenvalue weighted by Crippen LogP contribution is -2.00. The fourth-order valence-corrected chi connectivity index (χ4v) is 2.66. The lowest BCUT2D eigenvalue weighted by atomic mass is 10.2. The zero-order valence-electron chi connectivity index (χ0n) is 10.7. The molecular formula is C15H12F2O2S. The predicted octanol–water partition coefficient (Wildman–Crippen LogP) is 4.26. The molecule has 0 fully saturated rings. The van der Waals surface area contributed by atoms with Crippen molar-refractivity contribution in [1.29, 1.82) is 0 Å². The Hall–Kier alpha value is -1.88. The maximum atomic E-state index is 13.7. The Kier molecular flexibility index (Phi) is 4.39. The third-order valence-corrected chi connectivity index (χ3v) is 3.87. The van der Waals surface area contributed by atoms with Gasteiger partial charge in [0.05, 0.1) is 10.5 Å². The minimum atomic E-state index is -1.35. The number of thioether (sulfide) groups is 1. The number of carboxylic acid groups (broad SMARTS) is 1. The van der Waals surface area contributed by atoms with Gasteiger partial charge in [-0.2, -0.15) is 0 Å². The Morgan fingerprint density at radius 3 is 2.40 bits per heavy atom. The number of carboxylic acids is 1. The van der Waals surface area contributed by atoms with Crippen molar-refractivity contribution in [1.82, 2.24) is 0 Å². The molecule has 1 N–H and O–H groups in total. The fourth-order valence-electron chi connectivity index (χ4n) is 1.78. The fraction of sp³-hybridized carbons (Fsp3) is 0.133. The van der Waals surface area contributed by atoms with E-state index in [1.54, 1.807) is 0 Å². The number of rotatable bonds is 4. The molecule has 2 nitrogen and oxygen atoms in total. The minimum absolute atomic E-state index is 0.156. The first kappa shape index (κ1) is 14.5. The van der Waals surface area contributed by atoms with Crippen molar-refractivity contribution in [2.45, 2.75) is 17.6 Å². The van der Waals surface area contributed by atoms with E-state index >= 15 is 0 Å². The molecular weight excluding hydrogens is 282 g/mol. The highest BCUT2D eigenvalue weighted by Gasteiger charge is 2.15. The second-order valence-electron chi connectivity index (χ2n) is 4.35. The molecule has 104 valence electrons. The van der Waals surface area contributed by atoms with Crippen LogP contribution in [0.4, 0.5) is 8.78 Å². The van der Waals surface area contributed by atoms with E-state index in [4.69, 9.17) is 5.11 Å². The van der Waals surface area contributed by atoms with Crippen LogP contribution in [0, 0.1) is 18.6 Å². The molecule has 0 heterocycles. The zero-order valence-corrected chi connectivity index (χ0v) is 11.5. The van der Waals surface area contributed by atoms with E-state index in [1.807, 2.05) is 31.2 Å². The summed E-state index contributed by atoms with van der Waals surface area (Å²) in [6.45, 7) is 1.94. The molecule has 0 aliphatic carbocycles. The summed E-state index contributed by atoms with van der Waals surface area (Å²) in [5.41, 5.74) is 1.64. The van der Waals surface area contributed by atoms with Gasteiger partial charge in [0.25, 0.3) is 0 Å². The first-order valence-corrected chi connectivity index (χ1v) is 6.86. The third-order valence-electron chi connectivity index (χ3n) is 2.71. The second kappa shape index (κ2) is 6.05. The van der Waals surface area contributed by atoms with Gasteiger partial charge in [-0.05, 0) is 24.6 Å². The molecule has 0 radical (unpaired) electrons. The summed E-state index contributed by atoms with van der Waals surface area (Å²) in [6.07, 6.45) is 0. The smallest absolute Gasteiger partial charge is 0.335 e. The molecule has 0 spiro atoms. The molecule has 2 aromatic rings. The largest absolute Gasteiger partial charge is 0.478 e. The summed E-state index contributed by atoms with van der Waals surface area (Å²) in [5.74, 6) is -2.62. The van der Waals surface area contributed by atoms with Crippen LogP contribution in [0.1, 0.15) is 21.5 Å². The van der Waals surface area contributed by atoms with Crippen molar-refractivity contribution in [3.63, 3.8) is 0 Å². The average Bonchev–Trinajstić information content (AvgIpc) is 2.37. The van der Waals surface area contributed by atoms with Crippen molar-refractivity contribution >= 4 is 17.7 Å². The highest BCUT2D eigenvalue weighted by Crippen LogP contribution is 2.29. The molecule has 0 bridgehead atoms. The van der Waals surface area contributed by atoms with Crippen LogP contribution >= 0.6 is 11.8 Å². The van der Waals surface area contributed by atoms with Gasteiger partial charge in [0.2, 0.25) is 0 Å².